The molecule has 0 aliphatic carbocycles. The van der Waals surface area contributed by atoms with E-state index < -0.39 is 0 Å². The van der Waals surface area contributed by atoms with E-state index in [9.17, 15) is 9.18 Å². The smallest absolute Gasteiger partial charge is 0.266 e. The number of halogens is 1. The maximum absolute atomic E-state index is 14.3. The molecule has 27 heavy (non-hydrogen) atoms. The quantitative estimate of drug-likeness (QED) is 0.517. The van der Waals surface area contributed by atoms with E-state index in [1.165, 1.54) is 24.5 Å². The highest BCUT2D eigenvalue weighted by atomic mass is 32.1. The summed E-state index contributed by atoms with van der Waals surface area (Å²) in [4.78, 5) is 17.7. The molecule has 2 aromatic heterocycles. The molecule has 1 amide bonds. The van der Waals surface area contributed by atoms with Crippen LogP contribution in [0.2, 0.25) is 0 Å². The lowest BCUT2D eigenvalue weighted by Crippen LogP contribution is -2.12. The number of hydrogen-bond donors (Lipinski definition) is 1. The predicted molar refractivity (Wildman–Crippen MR) is 104 cm³/mol. The number of carbonyl (C=O) groups excluding carboxylic acids is 1. The Bertz CT molecular complexity index is 1150. The van der Waals surface area contributed by atoms with E-state index in [4.69, 9.17) is 9.15 Å². The Hall–Kier alpha value is -2.77. The third-order valence-electron chi connectivity index (χ3n) is 4.25. The zero-order chi connectivity index (χ0) is 19.0. The van der Waals surface area contributed by atoms with Gasteiger partial charge in [0.15, 0.2) is 11.5 Å². The fourth-order valence-corrected chi connectivity index (χ4v) is 4.14. The summed E-state index contributed by atoms with van der Waals surface area (Å²) in [7, 11) is 1.52. The number of ether oxygens (including phenoxy) is 1. The molecule has 0 atom stereocenters. The maximum Gasteiger partial charge on any atom is 0.266 e. The summed E-state index contributed by atoms with van der Waals surface area (Å²) in [6.07, 6.45) is 0.699. The van der Waals surface area contributed by atoms with Gasteiger partial charge in [0.1, 0.15) is 11.3 Å². The van der Waals surface area contributed by atoms with Crippen LogP contribution in [-0.4, -0.2) is 18.0 Å². The molecule has 1 N–H and O–H groups in total. The number of anilines is 1. The molecule has 4 rings (SSSR count). The van der Waals surface area contributed by atoms with Crippen molar-refractivity contribution in [2.45, 2.75) is 20.0 Å². The summed E-state index contributed by atoms with van der Waals surface area (Å²) in [6, 6.07) is 10.1. The highest BCUT2D eigenvalue weighted by molar-refractivity contribution is 7.21. The summed E-state index contributed by atoms with van der Waals surface area (Å²) >= 11 is 1.25. The highest BCUT2D eigenvalue weighted by Gasteiger charge is 2.21. The van der Waals surface area contributed by atoms with E-state index in [0.717, 1.165) is 0 Å². The van der Waals surface area contributed by atoms with Crippen molar-refractivity contribution in [1.82, 2.24) is 4.98 Å². The molecule has 138 valence electrons. The third-order valence-corrected chi connectivity index (χ3v) is 5.45. The van der Waals surface area contributed by atoms with Crippen molar-refractivity contribution in [1.29, 1.82) is 0 Å². The Morgan fingerprint density at radius 3 is 2.96 bits per heavy atom. The first kappa shape index (κ1) is 17.6. The van der Waals surface area contributed by atoms with Crippen molar-refractivity contribution in [3.05, 3.63) is 58.5 Å². The number of fused-ring (bicyclic) bond motifs is 2. The summed E-state index contributed by atoms with van der Waals surface area (Å²) in [5.41, 5.74) is 2.52. The van der Waals surface area contributed by atoms with Crippen LogP contribution in [0, 0.1) is 5.82 Å². The molecule has 0 saturated heterocycles. The molecule has 2 heterocycles. The van der Waals surface area contributed by atoms with E-state index in [-0.39, 0.29) is 18.3 Å². The van der Waals surface area contributed by atoms with Gasteiger partial charge in [-0.25, -0.2) is 9.37 Å². The van der Waals surface area contributed by atoms with E-state index in [2.05, 4.69) is 10.3 Å². The summed E-state index contributed by atoms with van der Waals surface area (Å²) in [6.45, 7) is 2.12. The second-order valence-electron chi connectivity index (χ2n) is 6.05. The van der Waals surface area contributed by atoms with Crippen LogP contribution in [-0.2, 0) is 17.8 Å². The van der Waals surface area contributed by atoms with Crippen molar-refractivity contribution < 1.29 is 18.3 Å². The van der Waals surface area contributed by atoms with Crippen LogP contribution in [0.4, 0.5) is 10.1 Å². The van der Waals surface area contributed by atoms with Gasteiger partial charge in [0.2, 0.25) is 0 Å². The SMILES string of the molecule is CCc1nc2cc(NC(=O)c3sc4cccc(F)c4c3COC)ccc2o1. The molecular formula is C20H17FN2O3S. The molecule has 0 bridgehead atoms. The van der Waals surface area contributed by atoms with Gasteiger partial charge in [-0.3, -0.25) is 4.79 Å². The van der Waals surface area contributed by atoms with Crippen molar-refractivity contribution in [2.75, 3.05) is 12.4 Å². The third kappa shape index (κ3) is 3.20. The Kier molecular flexibility index (Phi) is 4.63. The zero-order valence-electron chi connectivity index (χ0n) is 14.8. The molecule has 5 nitrogen and oxygen atoms in total. The number of aromatic nitrogens is 1. The zero-order valence-corrected chi connectivity index (χ0v) is 15.7. The molecule has 0 radical (unpaired) electrons. The van der Waals surface area contributed by atoms with Crippen LogP contribution in [0.3, 0.4) is 0 Å². The largest absolute Gasteiger partial charge is 0.441 e. The number of carbonyl (C=O) groups is 1. The number of rotatable bonds is 5. The van der Waals surface area contributed by atoms with Crippen molar-refractivity contribution in [3.8, 4) is 0 Å². The molecule has 4 aromatic rings. The molecule has 7 heteroatoms. The Balaban J connectivity index is 1.70. The van der Waals surface area contributed by atoms with Crippen LogP contribution in [0.1, 0.15) is 28.0 Å². The normalized spacial score (nSPS) is 11.4. The number of hydrogen-bond acceptors (Lipinski definition) is 5. The van der Waals surface area contributed by atoms with Gasteiger partial charge >= 0.3 is 0 Å². The lowest BCUT2D eigenvalue weighted by Gasteiger charge is -2.06. The number of aryl methyl sites for hydroxylation is 1. The van der Waals surface area contributed by atoms with Crippen LogP contribution in [0.5, 0.6) is 0 Å². The minimum absolute atomic E-state index is 0.159. The van der Waals surface area contributed by atoms with E-state index in [0.29, 0.717) is 49.6 Å². The average Bonchev–Trinajstić information content (AvgIpc) is 3.24. The van der Waals surface area contributed by atoms with Crippen LogP contribution >= 0.6 is 11.3 Å². The first-order chi connectivity index (χ1) is 13.1. The number of benzene rings is 2. The van der Waals surface area contributed by atoms with Gasteiger partial charge in [0.05, 0.1) is 11.5 Å². The first-order valence-electron chi connectivity index (χ1n) is 8.50. The molecule has 0 aliphatic heterocycles. The molecule has 0 spiro atoms. The van der Waals surface area contributed by atoms with E-state index in [1.54, 1.807) is 30.3 Å². The Labute approximate surface area is 158 Å². The van der Waals surface area contributed by atoms with Crippen molar-refractivity contribution in [3.63, 3.8) is 0 Å². The first-order valence-corrected chi connectivity index (χ1v) is 9.32. The van der Waals surface area contributed by atoms with Gasteiger partial charge in [-0.05, 0) is 30.3 Å². The molecule has 0 saturated carbocycles. The molecule has 0 aliphatic rings. The topological polar surface area (TPSA) is 64.4 Å². The highest BCUT2D eigenvalue weighted by Crippen LogP contribution is 2.34. The summed E-state index contributed by atoms with van der Waals surface area (Å²) in [5, 5.41) is 3.31. The van der Waals surface area contributed by atoms with Crippen LogP contribution in [0.15, 0.2) is 40.8 Å². The van der Waals surface area contributed by atoms with Gasteiger partial charge in [0.25, 0.3) is 5.91 Å². The number of amides is 1. The number of thiophene rings is 1. The standard InChI is InChI=1S/C20H17FN2O3S/c1-3-17-23-14-9-11(7-8-15(14)26-17)22-20(24)19-12(10-25-2)18-13(21)5-4-6-16(18)27-19/h4-9H,3,10H2,1-2H3,(H,22,24). The van der Waals surface area contributed by atoms with Crippen molar-refractivity contribution in [2.24, 2.45) is 0 Å². The van der Waals surface area contributed by atoms with Gasteiger partial charge in [-0.1, -0.05) is 13.0 Å². The summed E-state index contributed by atoms with van der Waals surface area (Å²) < 4.78 is 25.8. The second-order valence-corrected chi connectivity index (χ2v) is 7.11. The monoisotopic (exact) mass is 384 g/mol. The number of oxazole rings is 1. The fraction of sp³-hybridized carbons (Fsp3) is 0.200. The number of methoxy groups -OCH3 is 1. The van der Waals surface area contributed by atoms with Gasteiger partial charge in [0, 0.05) is 34.9 Å². The minimum atomic E-state index is -0.356. The maximum atomic E-state index is 14.3. The van der Waals surface area contributed by atoms with Crippen molar-refractivity contribution >= 4 is 44.1 Å². The van der Waals surface area contributed by atoms with E-state index >= 15 is 0 Å². The Morgan fingerprint density at radius 1 is 1.33 bits per heavy atom. The minimum Gasteiger partial charge on any atom is -0.441 e. The lowest BCUT2D eigenvalue weighted by atomic mass is 10.1. The number of nitrogens with zero attached hydrogens (tertiary/aromatic N) is 1. The molecule has 0 unspecified atom stereocenters. The van der Waals surface area contributed by atoms with Gasteiger partial charge < -0.3 is 14.5 Å². The number of nitrogens with one attached hydrogen (secondary N) is 1. The van der Waals surface area contributed by atoms with Crippen LogP contribution in [0.25, 0.3) is 21.2 Å². The predicted octanol–water partition coefficient (Wildman–Crippen LogP) is 5.14. The molecule has 2 aromatic carbocycles. The van der Waals surface area contributed by atoms with E-state index in [1.807, 2.05) is 6.92 Å². The van der Waals surface area contributed by atoms with Gasteiger partial charge in [-0.15, -0.1) is 11.3 Å². The lowest BCUT2D eigenvalue weighted by molar-refractivity contribution is 0.102. The molecular weight excluding hydrogens is 367 g/mol. The van der Waals surface area contributed by atoms with Gasteiger partial charge in [-0.2, -0.15) is 0 Å². The molecule has 0 fully saturated rings. The average molecular weight is 384 g/mol. The Morgan fingerprint density at radius 2 is 2.19 bits per heavy atom. The fourth-order valence-electron chi connectivity index (χ4n) is 3.02. The summed E-state index contributed by atoms with van der Waals surface area (Å²) in [5.74, 6) is -0.0111. The second kappa shape index (κ2) is 7.09. The van der Waals surface area contributed by atoms with Crippen LogP contribution < -0.4 is 5.32 Å².